The molecule has 1 aliphatic rings. The smallest absolute Gasteiger partial charge is 0.133 e. The van der Waals surface area contributed by atoms with Crippen molar-refractivity contribution in [3.63, 3.8) is 0 Å². The zero-order chi connectivity index (χ0) is 9.97. The van der Waals surface area contributed by atoms with Gasteiger partial charge in [-0.2, -0.15) is 0 Å². The number of ketones is 1. The SMILES string of the molecule is CCC1CCC(=O)CC1c1ccoc1. The summed E-state index contributed by atoms with van der Waals surface area (Å²) in [5, 5.41) is 0. The maximum absolute atomic E-state index is 11.4. The first-order valence-corrected chi connectivity index (χ1v) is 5.35. The molecular formula is C12H16O2. The Kier molecular flexibility index (Phi) is 2.71. The zero-order valence-corrected chi connectivity index (χ0v) is 8.53. The molecule has 0 aromatic carbocycles. The first kappa shape index (κ1) is 9.50. The molecule has 14 heavy (non-hydrogen) atoms. The van der Waals surface area contributed by atoms with Gasteiger partial charge in [-0.25, -0.2) is 0 Å². The fourth-order valence-electron chi connectivity index (χ4n) is 2.43. The number of rotatable bonds is 2. The van der Waals surface area contributed by atoms with Crippen molar-refractivity contribution in [1.29, 1.82) is 0 Å². The van der Waals surface area contributed by atoms with Crippen LogP contribution in [0.25, 0.3) is 0 Å². The second kappa shape index (κ2) is 3.99. The lowest BCUT2D eigenvalue weighted by Gasteiger charge is -2.29. The average molecular weight is 192 g/mol. The maximum Gasteiger partial charge on any atom is 0.133 e. The number of furan rings is 1. The number of carbonyl (C=O) groups is 1. The number of hydrogen-bond acceptors (Lipinski definition) is 2. The fourth-order valence-corrected chi connectivity index (χ4v) is 2.43. The van der Waals surface area contributed by atoms with Crippen molar-refractivity contribution >= 4 is 5.78 Å². The molecule has 2 rings (SSSR count). The van der Waals surface area contributed by atoms with Gasteiger partial charge in [-0.1, -0.05) is 13.3 Å². The summed E-state index contributed by atoms with van der Waals surface area (Å²) in [7, 11) is 0. The third-order valence-electron chi connectivity index (χ3n) is 3.31. The van der Waals surface area contributed by atoms with Crippen LogP contribution in [0, 0.1) is 5.92 Å². The lowest BCUT2D eigenvalue weighted by atomic mass is 9.74. The van der Waals surface area contributed by atoms with Crippen LogP contribution < -0.4 is 0 Å². The molecular weight excluding hydrogens is 176 g/mol. The van der Waals surface area contributed by atoms with E-state index in [1.807, 2.05) is 6.07 Å². The Bertz CT molecular complexity index is 300. The lowest BCUT2D eigenvalue weighted by Crippen LogP contribution is -2.22. The van der Waals surface area contributed by atoms with Gasteiger partial charge in [0.25, 0.3) is 0 Å². The molecule has 1 fully saturated rings. The molecule has 0 spiro atoms. The zero-order valence-electron chi connectivity index (χ0n) is 8.53. The van der Waals surface area contributed by atoms with Crippen LogP contribution in [0.5, 0.6) is 0 Å². The average Bonchev–Trinajstić information content (AvgIpc) is 2.70. The first-order valence-electron chi connectivity index (χ1n) is 5.35. The molecule has 1 aromatic rings. The van der Waals surface area contributed by atoms with Gasteiger partial charge in [0.2, 0.25) is 0 Å². The Morgan fingerprint density at radius 2 is 2.43 bits per heavy atom. The van der Waals surface area contributed by atoms with Crippen LogP contribution in [0.4, 0.5) is 0 Å². The summed E-state index contributed by atoms with van der Waals surface area (Å²) in [5.74, 6) is 1.46. The van der Waals surface area contributed by atoms with Crippen LogP contribution in [0.15, 0.2) is 23.0 Å². The Morgan fingerprint density at radius 1 is 1.57 bits per heavy atom. The monoisotopic (exact) mass is 192 g/mol. The van der Waals surface area contributed by atoms with Gasteiger partial charge in [-0.3, -0.25) is 4.79 Å². The van der Waals surface area contributed by atoms with Crippen molar-refractivity contribution in [2.45, 2.75) is 38.5 Å². The number of Topliss-reactive ketones (excluding diaryl/α,β-unsaturated/α-hetero) is 1. The third kappa shape index (κ3) is 1.74. The van der Waals surface area contributed by atoms with Crippen LogP contribution >= 0.6 is 0 Å². The van der Waals surface area contributed by atoms with E-state index in [9.17, 15) is 4.79 Å². The molecule has 2 nitrogen and oxygen atoms in total. The second-order valence-electron chi connectivity index (χ2n) is 4.11. The van der Waals surface area contributed by atoms with Crippen LogP contribution in [0.3, 0.4) is 0 Å². The standard InChI is InChI=1S/C12H16O2/c1-2-9-3-4-11(13)7-12(9)10-5-6-14-8-10/h5-6,8-9,12H,2-4,7H2,1H3. The van der Waals surface area contributed by atoms with Crippen molar-refractivity contribution < 1.29 is 9.21 Å². The largest absolute Gasteiger partial charge is 0.472 e. The summed E-state index contributed by atoms with van der Waals surface area (Å²) >= 11 is 0. The van der Waals surface area contributed by atoms with Crippen molar-refractivity contribution in [1.82, 2.24) is 0 Å². The minimum Gasteiger partial charge on any atom is -0.472 e. The molecule has 0 saturated heterocycles. The normalized spacial score (nSPS) is 27.9. The molecule has 1 heterocycles. The van der Waals surface area contributed by atoms with Crippen LogP contribution in [0.2, 0.25) is 0 Å². The summed E-state index contributed by atoms with van der Waals surface area (Å²) < 4.78 is 5.08. The molecule has 0 N–H and O–H groups in total. The minimum atomic E-state index is 0.403. The van der Waals surface area contributed by atoms with E-state index in [1.54, 1.807) is 12.5 Å². The molecule has 0 amide bonds. The van der Waals surface area contributed by atoms with E-state index in [4.69, 9.17) is 4.42 Å². The van der Waals surface area contributed by atoms with Gasteiger partial charge in [0.05, 0.1) is 12.5 Å². The Hall–Kier alpha value is -1.05. The van der Waals surface area contributed by atoms with Gasteiger partial charge in [0.15, 0.2) is 0 Å². The molecule has 0 aliphatic heterocycles. The highest BCUT2D eigenvalue weighted by Crippen LogP contribution is 2.38. The summed E-state index contributed by atoms with van der Waals surface area (Å²) in [5.41, 5.74) is 1.20. The van der Waals surface area contributed by atoms with Gasteiger partial charge in [0.1, 0.15) is 5.78 Å². The fraction of sp³-hybridized carbons (Fsp3) is 0.583. The van der Waals surface area contributed by atoms with Crippen LogP contribution in [-0.2, 0) is 4.79 Å². The molecule has 76 valence electrons. The molecule has 1 aliphatic carbocycles. The Labute approximate surface area is 84.3 Å². The highest BCUT2D eigenvalue weighted by molar-refractivity contribution is 5.80. The number of carbonyl (C=O) groups excluding carboxylic acids is 1. The quantitative estimate of drug-likeness (QED) is 0.720. The maximum atomic E-state index is 11.4. The van der Waals surface area contributed by atoms with E-state index >= 15 is 0 Å². The van der Waals surface area contributed by atoms with E-state index < -0.39 is 0 Å². The predicted molar refractivity (Wildman–Crippen MR) is 54.1 cm³/mol. The van der Waals surface area contributed by atoms with E-state index in [2.05, 4.69) is 6.92 Å². The van der Waals surface area contributed by atoms with E-state index in [0.717, 1.165) is 19.3 Å². The van der Waals surface area contributed by atoms with E-state index in [-0.39, 0.29) is 0 Å². The van der Waals surface area contributed by atoms with Gasteiger partial charge in [0, 0.05) is 12.8 Å². The van der Waals surface area contributed by atoms with Crippen molar-refractivity contribution in [3.05, 3.63) is 24.2 Å². The van der Waals surface area contributed by atoms with Crippen molar-refractivity contribution in [2.24, 2.45) is 5.92 Å². The van der Waals surface area contributed by atoms with Crippen LogP contribution in [-0.4, -0.2) is 5.78 Å². The lowest BCUT2D eigenvalue weighted by molar-refractivity contribution is -0.121. The Morgan fingerprint density at radius 3 is 3.07 bits per heavy atom. The first-order chi connectivity index (χ1) is 6.81. The molecule has 0 radical (unpaired) electrons. The second-order valence-corrected chi connectivity index (χ2v) is 4.11. The predicted octanol–water partition coefficient (Wildman–Crippen LogP) is 3.14. The van der Waals surface area contributed by atoms with Gasteiger partial charge >= 0.3 is 0 Å². The molecule has 2 atom stereocenters. The summed E-state index contributed by atoms with van der Waals surface area (Å²) in [6.45, 7) is 2.20. The molecule has 1 aromatic heterocycles. The molecule has 0 bridgehead atoms. The van der Waals surface area contributed by atoms with Gasteiger partial charge < -0.3 is 4.42 Å². The van der Waals surface area contributed by atoms with Crippen molar-refractivity contribution in [2.75, 3.05) is 0 Å². The minimum absolute atomic E-state index is 0.403. The topological polar surface area (TPSA) is 30.2 Å². The third-order valence-corrected chi connectivity index (χ3v) is 3.31. The molecule has 2 heteroatoms. The van der Waals surface area contributed by atoms with Crippen LogP contribution in [0.1, 0.15) is 44.1 Å². The summed E-state index contributed by atoms with van der Waals surface area (Å²) in [6.07, 6.45) is 7.16. The van der Waals surface area contributed by atoms with E-state index in [0.29, 0.717) is 24.0 Å². The highest BCUT2D eigenvalue weighted by Gasteiger charge is 2.29. The summed E-state index contributed by atoms with van der Waals surface area (Å²) in [6, 6.07) is 1.99. The molecule has 1 saturated carbocycles. The van der Waals surface area contributed by atoms with Gasteiger partial charge in [-0.15, -0.1) is 0 Å². The number of hydrogen-bond donors (Lipinski definition) is 0. The van der Waals surface area contributed by atoms with Gasteiger partial charge in [-0.05, 0) is 29.9 Å². The van der Waals surface area contributed by atoms with Crippen molar-refractivity contribution in [3.8, 4) is 0 Å². The molecule has 2 unspecified atom stereocenters. The highest BCUT2D eigenvalue weighted by atomic mass is 16.3. The summed E-state index contributed by atoms with van der Waals surface area (Å²) in [4.78, 5) is 11.4. The van der Waals surface area contributed by atoms with E-state index in [1.165, 1.54) is 5.56 Å². The Balaban J connectivity index is 2.17.